The summed E-state index contributed by atoms with van der Waals surface area (Å²) in [7, 11) is 3.92. The Morgan fingerprint density at radius 2 is 1.95 bits per heavy atom. The van der Waals surface area contributed by atoms with Crippen LogP contribution < -0.4 is 0 Å². The average molecular weight is 303 g/mol. The molecule has 0 aliphatic carbocycles. The van der Waals surface area contributed by atoms with Crippen molar-refractivity contribution in [1.82, 2.24) is 14.7 Å². The molecule has 1 aliphatic rings. The van der Waals surface area contributed by atoms with Gasteiger partial charge >= 0.3 is 12.0 Å². The fraction of sp³-hybridized carbons (Fsp3) is 0.846. The van der Waals surface area contributed by atoms with Gasteiger partial charge in [0.05, 0.1) is 5.37 Å². The van der Waals surface area contributed by atoms with Crippen LogP contribution in [0.2, 0.25) is 0 Å². The number of hydrogen-bond acceptors (Lipinski definition) is 4. The second kappa shape index (κ2) is 7.73. The van der Waals surface area contributed by atoms with E-state index < -0.39 is 12.0 Å². The van der Waals surface area contributed by atoms with Crippen molar-refractivity contribution in [1.29, 1.82) is 0 Å². The second-order valence-electron chi connectivity index (χ2n) is 5.27. The molecule has 1 heterocycles. The van der Waals surface area contributed by atoms with E-state index in [0.29, 0.717) is 18.8 Å². The van der Waals surface area contributed by atoms with Crippen molar-refractivity contribution < 1.29 is 14.7 Å². The summed E-state index contributed by atoms with van der Waals surface area (Å²) in [5.74, 6) is -0.449. The third-order valence-electron chi connectivity index (χ3n) is 3.31. The predicted molar refractivity (Wildman–Crippen MR) is 81.0 cm³/mol. The lowest BCUT2D eigenvalue weighted by molar-refractivity contribution is -0.141. The summed E-state index contributed by atoms with van der Waals surface area (Å²) in [5.41, 5.74) is 0. The number of urea groups is 1. The normalized spacial score (nSPS) is 22.4. The number of carbonyl (C=O) groups is 2. The molecular weight excluding hydrogens is 278 g/mol. The highest BCUT2D eigenvalue weighted by Gasteiger charge is 2.41. The van der Waals surface area contributed by atoms with Gasteiger partial charge in [0.2, 0.25) is 0 Å². The van der Waals surface area contributed by atoms with E-state index in [9.17, 15) is 14.7 Å². The molecule has 1 aliphatic heterocycles. The summed E-state index contributed by atoms with van der Waals surface area (Å²) < 4.78 is 0. The first-order chi connectivity index (χ1) is 9.38. The highest BCUT2D eigenvalue weighted by molar-refractivity contribution is 8.00. The first-order valence-corrected chi connectivity index (χ1v) is 7.99. The Morgan fingerprint density at radius 1 is 1.30 bits per heavy atom. The van der Waals surface area contributed by atoms with Crippen LogP contribution in [0.5, 0.6) is 0 Å². The van der Waals surface area contributed by atoms with E-state index in [-0.39, 0.29) is 11.4 Å². The number of carboxylic acids is 1. The second-order valence-corrected chi connectivity index (χ2v) is 6.62. The maximum atomic E-state index is 12.6. The maximum Gasteiger partial charge on any atom is 0.327 e. The van der Waals surface area contributed by atoms with Crippen LogP contribution in [-0.4, -0.2) is 82.7 Å². The first kappa shape index (κ1) is 17.1. The van der Waals surface area contributed by atoms with Crippen LogP contribution >= 0.6 is 11.8 Å². The van der Waals surface area contributed by atoms with Gasteiger partial charge < -0.3 is 14.9 Å². The number of amides is 2. The fourth-order valence-electron chi connectivity index (χ4n) is 2.18. The van der Waals surface area contributed by atoms with Crippen molar-refractivity contribution in [2.75, 3.05) is 39.5 Å². The third-order valence-corrected chi connectivity index (χ3v) is 4.53. The van der Waals surface area contributed by atoms with Crippen molar-refractivity contribution >= 4 is 23.8 Å². The molecule has 0 aromatic heterocycles. The zero-order chi connectivity index (χ0) is 15.3. The van der Waals surface area contributed by atoms with Gasteiger partial charge in [0.15, 0.2) is 0 Å². The number of rotatable bonds is 6. The van der Waals surface area contributed by atoms with Crippen molar-refractivity contribution in [3.05, 3.63) is 0 Å². The van der Waals surface area contributed by atoms with Gasteiger partial charge in [0, 0.05) is 25.4 Å². The molecule has 2 unspecified atom stereocenters. The minimum absolute atomic E-state index is 0.0812. The molecule has 0 aromatic carbocycles. The van der Waals surface area contributed by atoms with Crippen LogP contribution in [0, 0.1) is 0 Å². The minimum Gasteiger partial charge on any atom is -0.480 e. The number of thioether (sulfide) groups is 1. The Balaban J connectivity index is 2.78. The highest BCUT2D eigenvalue weighted by Crippen LogP contribution is 2.29. The molecule has 116 valence electrons. The van der Waals surface area contributed by atoms with Crippen LogP contribution in [0.4, 0.5) is 4.79 Å². The maximum absolute atomic E-state index is 12.6. The molecule has 2 atom stereocenters. The lowest BCUT2D eigenvalue weighted by Crippen LogP contribution is -2.52. The largest absolute Gasteiger partial charge is 0.480 e. The zero-order valence-corrected chi connectivity index (χ0v) is 13.5. The molecule has 0 bridgehead atoms. The monoisotopic (exact) mass is 303 g/mol. The molecular formula is C13H25N3O3S. The van der Waals surface area contributed by atoms with E-state index in [1.165, 1.54) is 16.7 Å². The molecule has 0 aromatic rings. The number of likely N-dealkylation sites (N-methyl/N-ethyl adjacent to an activating group) is 1. The highest BCUT2D eigenvalue weighted by atomic mass is 32.2. The van der Waals surface area contributed by atoms with Gasteiger partial charge in [-0.2, -0.15) is 0 Å². The van der Waals surface area contributed by atoms with Crippen LogP contribution in [0.3, 0.4) is 0 Å². The molecule has 7 heteroatoms. The zero-order valence-electron chi connectivity index (χ0n) is 12.7. The topological polar surface area (TPSA) is 64.1 Å². The Bertz CT molecular complexity index is 352. The van der Waals surface area contributed by atoms with Gasteiger partial charge in [-0.05, 0) is 27.4 Å². The molecule has 0 radical (unpaired) electrons. The van der Waals surface area contributed by atoms with Gasteiger partial charge in [-0.3, -0.25) is 4.90 Å². The minimum atomic E-state index is -0.917. The number of aliphatic carboxylic acids is 1. The summed E-state index contributed by atoms with van der Waals surface area (Å²) in [5, 5.41) is 9.16. The Morgan fingerprint density at radius 3 is 2.45 bits per heavy atom. The van der Waals surface area contributed by atoms with Crippen LogP contribution in [0.25, 0.3) is 0 Å². The molecule has 0 spiro atoms. The van der Waals surface area contributed by atoms with Crippen LogP contribution in [-0.2, 0) is 4.79 Å². The summed E-state index contributed by atoms with van der Waals surface area (Å²) >= 11 is 1.52. The molecule has 1 rings (SSSR count). The van der Waals surface area contributed by atoms with E-state index in [1.54, 1.807) is 4.90 Å². The Labute approximate surface area is 125 Å². The van der Waals surface area contributed by atoms with E-state index in [0.717, 1.165) is 13.0 Å². The third kappa shape index (κ3) is 4.28. The average Bonchev–Trinajstić information content (AvgIpc) is 2.75. The molecule has 1 N–H and O–H groups in total. The predicted octanol–water partition coefficient (Wildman–Crippen LogP) is 1.23. The molecule has 1 saturated heterocycles. The molecule has 20 heavy (non-hydrogen) atoms. The van der Waals surface area contributed by atoms with E-state index in [2.05, 4.69) is 0 Å². The number of carboxylic acid groups (broad SMARTS) is 1. The van der Waals surface area contributed by atoms with E-state index in [1.807, 2.05) is 32.8 Å². The summed E-state index contributed by atoms with van der Waals surface area (Å²) in [6.07, 6.45) is 0.867. The van der Waals surface area contributed by atoms with Gasteiger partial charge in [-0.15, -0.1) is 11.8 Å². The SMILES string of the molecule is CCCN(CCN(C)C)C(=O)N1C(C)SCC1C(=O)O. The molecule has 0 saturated carbocycles. The van der Waals surface area contributed by atoms with Crippen molar-refractivity contribution in [2.24, 2.45) is 0 Å². The van der Waals surface area contributed by atoms with Gasteiger partial charge in [0.1, 0.15) is 6.04 Å². The van der Waals surface area contributed by atoms with Crippen LogP contribution in [0.1, 0.15) is 20.3 Å². The van der Waals surface area contributed by atoms with Crippen molar-refractivity contribution in [3.63, 3.8) is 0 Å². The van der Waals surface area contributed by atoms with Gasteiger partial charge in [-0.1, -0.05) is 6.92 Å². The number of carbonyl (C=O) groups excluding carboxylic acids is 1. The van der Waals surface area contributed by atoms with Gasteiger partial charge in [-0.25, -0.2) is 9.59 Å². The number of hydrogen-bond donors (Lipinski definition) is 1. The van der Waals surface area contributed by atoms with Gasteiger partial charge in [0.25, 0.3) is 0 Å². The molecule has 6 nitrogen and oxygen atoms in total. The standard InChI is InChI=1S/C13H25N3O3S/c1-5-6-15(8-7-14(3)4)13(19)16-10(2)20-9-11(16)12(17)18/h10-11H,5-9H2,1-4H3,(H,17,18). The summed E-state index contributed by atoms with van der Waals surface area (Å²) in [6.45, 7) is 5.97. The Kier molecular flexibility index (Phi) is 6.61. The summed E-state index contributed by atoms with van der Waals surface area (Å²) in [6, 6.07) is -0.861. The molecule has 1 fully saturated rings. The van der Waals surface area contributed by atoms with Crippen LogP contribution in [0.15, 0.2) is 0 Å². The first-order valence-electron chi connectivity index (χ1n) is 6.94. The smallest absolute Gasteiger partial charge is 0.327 e. The van der Waals surface area contributed by atoms with E-state index in [4.69, 9.17) is 0 Å². The van der Waals surface area contributed by atoms with Crippen molar-refractivity contribution in [3.8, 4) is 0 Å². The van der Waals surface area contributed by atoms with Crippen molar-refractivity contribution in [2.45, 2.75) is 31.7 Å². The fourth-order valence-corrected chi connectivity index (χ4v) is 3.34. The quantitative estimate of drug-likeness (QED) is 0.799. The lowest BCUT2D eigenvalue weighted by atomic mass is 10.3. The summed E-state index contributed by atoms with van der Waals surface area (Å²) in [4.78, 5) is 29.2. The Hall–Kier alpha value is -0.950. The number of nitrogens with zero attached hydrogens (tertiary/aromatic N) is 3. The lowest BCUT2D eigenvalue weighted by Gasteiger charge is -2.32. The van der Waals surface area contributed by atoms with E-state index >= 15 is 0 Å². The molecule has 2 amide bonds.